The van der Waals surface area contributed by atoms with Gasteiger partial charge in [0, 0.05) is 25.6 Å². The van der Waals surface area contributed by atoms with Gasteiger partial charge in [0.1, 0.15) is 5.82 Å². The molecule has 1 amide bonds. The molecule has 1 fully saturated rings. The molecule has 23 heavy (non-hydrogen) atoms. The number of nitrogens with one attached hydrogen (secondary N) is 2. The van der Waals surface area contributed by atoms with E-state index in [2.05, 4.69) is 10.6 Å². The summed E-state index contributed by atoms with van der Waals surface area (Å²) in [6.07, 6.45) is -0.281. The number of ether oxygens (including phenoxy) is 1. The minimum absolute atomic E-state index is 0.0178. The van der Waals surface area contributed by atoms with Crippen molar-refractivity contribution in [3.8, 4) is 0 Å². The largest absolute Gasteiger partial charge is 0.372 e. The van der Waals surface area contributed by atoms with E-state index in [0.29, 0.717) is 26.2 Å². The Bertz CT molecular complexity index is 542. The van der Waals surface area contributed by atoms with Gasteiger partial charge in [0.2, 0.25) is 5.91 Å². The third-order valence-corrected chi connectivity index (χ3v) is 4.01. The second kappa shape index (κ2) is 8.59. The summed E-state index contributed by atoms with van der Waals surface area (Å²) >= 11 is 5.75. The maximum atomic E-state index is 13.7. The molecule has 0 unspecified atom stereocenters. The summed E-state index contributed by atoms with van der Waals surface area (Å²) in [5, 5.41) is 6.29. The number of benzene rings is 1. The van der Waals surface area contributed by atoms with E-state index in [-0.39, 0.29) is 23.0 Å². The van der Waals surface area contributed by atoms with Gasteiger partial charge in [0.25, 0.3) is 0 Å². The van der Waals surface area contributed by atoms with E-state index in [4.69, 9.17) is 16.3 Å². The van der Waals surface area contributed by atoms with E-state index < -0.39 is 5.82 Å². The smallest absolute Gasteiger partial charge is 0.234 e. The maximum Gasteiger partial charge on any atom is 0.234 e. The number of carbonyl (C=O) groups excluding carboxylic acids is 1. The van der Waals surface area contributed by atoms with Crippen molar-refractivity contribution in [3.05, 3.63) is 34.6 Å². The first-order valence-corrected chi connectivity index (χ1v) is 8.04. The van der Waals surface area contributed by atoms with Crippen LogP contribution in [0, 0.1) is 11.7 Å². The van der Waals surface area contributed by atoms with Gasteiger partial charge in [-0.2, -0.15) is 0 Å². The van der Waals surface area contributed by atoms with Gasteiger partial charge in [-0.25, -0.2) is 4.39 Å². The lowest BCUT2D eigenvalue weighted by molar-refractivity contribution is -0.122. The molecule has 2 N–H and O–H groups in total. The average molecular weight is 344 g/mol. The Morgan fingerprint density at radius 3 is 3.00 bits per heavy atom. The summed E-state index contributed by atoms with van der Waals surface area (Å²) < 4.78 is 19.6. The Kier molecular flexibility index (Phi) is 6.77. The number of carbonyl (C=O) groups is 1. The molecule has 0 radical (unpaired) electrons. The summed E-state index contributed by atoms with van der Waals surface area (Å²) in [6, 6.07) is 4.72. The van der Waals surface area contributed by atoms with Crippen LogP contribution >= 0.6 is 11.6 Å². The highest BCUT2D eigenvalue weighted by Gasteiger charge is 2.27. The first kappa shape index (κ1) is 18.1. The monoisotopic (exact) mass is 343 g/mol. The van der Waals surface area contributed by atoms with E-state index >= 15 is 0 Å². The summed E-state index contributed by atoms with van der Waals surface area (Å²) in [6.45, 7) is 2.76. The molecular formula is C16H23ClFN3O2. The van der Waals surface area contributed by atoms with Crippen LogP contribution in [0.5, 0.6) is 0 Å². The first-order chi connectivity index (χ1) is 11.0. The van der Waals surface area contributed by atoms with Crippen molar-refractivity contribution in [2.24, 2.45) is 5.92 Å². The SMILES string of the molecule is CN(C)CC(=O)NC[C@@H]1CNCCO[C@H]1c1ccc(Cl)c(F)c1. The second-order valence-corrected chi connectivity index (χ2v) is 6.38. The normalized spacial score (nSPS) is 22.0. The van der Waals surface area contributed by atoms with Crippen LogP contribution in [0.15, 0.2) is 18.2 Å². The lowest BCUT2D eigenvalue weighted by Crippen LogP contribution is -2.40. The van der Waals surface area contributed by atoms with Crippen molar-refractivity contribution in [2.75, 3.05) is 46.9 Å². The van der Waals surface area contributed by atoms with Crippen LogP contribution in [0.1, 0.15) is 11.7 Å². The molecule has 2 rings (SSSR count). The molecule has 1 aliphatic rings. The molecule has 1 aromatic carbocycles. The molecule has 1 heterocycles. The number of amides is 1. The van der Waals surface area contributed by atoms with Crippen molar-refractivity contribution in [2.45, 2.75) is 6.10 Å². The van der Waals surface area contributed by atoms with Crippen molar-refractivity contribution in [1.82, 2.24) is 15.5 Å². The van der Waals surface area contributed by atoms with Gasteiger partial charge in [0.15, 0.2) is 0 Å². The average Bonchev–Trinajstić information content (AvgIpc) is 2.72. The Morgan fingerprint density at radius 1 is 1.52 bits per heavy atom. The zero-order chi connectivity index (χ0) is 16.8. The quantitative estimate of drug-likeness (QED) is 0.849. The summed E-state index contributed by atoms with van der Waals surface area (Å²) in [5.74, 6) is -0.482. The molecule has 7 heteroatoms. The molecule has 5 nitrogen and oxygen atoms in total. The second-order valence-electron chi connectivity index (χ2n) is 5.97. The van der Waals surface area contributed by atoms with Crippen LogP contribution in [-0.4, -0.2) is 57.7 Å². The molecular weight excluding hydrogens is 321 g/mol. The number of hydrogen-bond acceptors (Lipinski definition) is 4. The van der Waals surface area contributed by atoms with E-state index in [9.17, 15) is 9.18 Å². The van der Waals surface area contributed by atoms with Crippen molar-refractivity contribution in [1.29, 1.82) is 0 Å². The molecule has 0 spiro atoms. The fourth-order valence-electron chi connectivity index (χ4n) is 2.61. The summed E-state index contributed by atoms with van der Waals surface area (Å²) in [7, 11) is 3.68. The van der Waals surface area contributed by atoms with E-state index in [1.165, 1.54) is 12.1 Å². The highest BCUT2D eigenvalue weighted by Crippen LogP contribution is 2.29. The fraction of sp³-hybridized carbons (Fsp3) is 0.562. The minimum Gasteiger partial charge on any atom is -0.372 e. The first-order valence-electron chi connectivity index (χ1n) is 7.66. The van der Waals surface area contributed by atoms with Crippen LogP contribution in [-0.2, 0) is 9.53 Å². The van der Waals surface area contributed by atoms with Crippen LogP contribution < -0.4 is 10.6 Å². The zero-order valence-electron chi connectivity index (χ0n) is 13.4. The molecule has 0 aromatic heterocycles. The van der Waals surface area contributed by atoms with Crippen molar-refractivity contribution < 1.29 is 13.9 Å². The Labute approximate surface area is 141 Å². The van der Waals surface area contributed by atoms with Crippen LogP contribution in [0.2, 0.25) is 5.02 Å². The number of nitrogens with zero attached hydrogens (tertiary/aromatic N) is 1. The van der Waals surface area contributed by atoms with Crippen LogP contribution in [0.3, 0.4) is 0 Å². The molecule has 1 aromatic rings. The Morgan fingerprint density at radius 2 is 2.30 bits per heavy atom. The minimum atomic E-state index is -0.458. The zero-order valence-corrected chi connectivity index (χ0v) is 14.2. The molecule has 0 aliphatic carbocycles. The topological polar surface area (TPSA) is 53.6 Å². The van der Waals surface area contributed by atoms with Gasteiger partial charge in [-0.3, -0.25) is 4.79 Å². The van der Waals surface area contributed by atoms with E-state index in [1.54, 1.807) is 6.07 Å². The van der Waals surface area contributed by atoms with Crippen molar-refractivity contribution in [3.63, 3.8) is 0 Å². The van der Waals surface area contributed by atoms with Crippen LogP contribution in [0.4, 0.5) is 4.39 Å². The highest BCUT2D eigenvalue weighted by atomic mass is 35.5. The lowest BCUT2D eigenvalue weighted by Gasteiger charge is -2.26. The van der Waals surface area contributed by atoms with E-state index in [0.717, 1.165) is 12.1 Å². The van der Waals surface area contributed by atoms with Gasteiger partial charge in [-0.05, 0) is 31.8 Å². The maximum absolute atomic E-state index is 13.7. The summed E-state index contributed by atoms with van der Waals surface area (Å²) in [4.78, 5) is 13.6. The fourth-order valence-corrected chi connectivity index (χ4v) is 2.73. The van der Waals surface area contributed by atoms with Gasteiger partial charge in [-0.1, -0.05) is 17.7 Å². The third kappa shape index (κ3) is 5.42. The molecule has 0 saturated carbocycles. The summed E-state index contributed by atoms with van der Waals surface area (Å²) in [5.41, 5.74) is 0.738. The van der Waals surface area contributed by atoms with Gasteiger partial charge < -0.3 is 20.3 Å². The number of hydrogen-bond donors (Lipinski definition) is 2. The predicted molar refractivity (Wildman–Crippen MR) is 88.0 cm³/mol. The highest BCUT2D eigenvalue weighted by molar-refractivity contribution is 6.30. The standard InChI is InChI=1S/C16H23ClFN3O2/c1-21(2)10-15(22)20-9-12-8-19-5-6-23-16(12)11-3-4-13(17)14(18)7-11/h3-4,7,12,16,19H,5-6,8-10H2,1-2H3,(H,20,22)/t12-,16-/m0/s1. The lowest BCUT2D eigenvalue weighted by atomic mass is 9.95. The Balaban J connectivity index is 2.07. The molecule has 1 aliphatic heterocycles. The number of halogens is 2. The molecule has 128 valence electrons. The van der Waals surface area contributed by atoms with Gasteiger partial charge in [0.05, 0.1) is 24.3 Å². The third-order valence-electron chi connectivity index (χ3n) is 3.70. The van der Waals surface area contributed by atoms with E-state index in [1.807, 2.05) is 19.0 Å². The predicted octanol–water partition coefficient (Wildman–Crippen LogP) is 1.43. The number of rotatable bonds is 5. The van der Waals surface area contributed by atoms with Gasteiger partial charge >= 0.3 is 0 Å². The number of likely N-dealkylation sites (N-methyl/N-ethyl adjacent to an activating group) is 1. The Hall–Kier alpha value is -1.21. The molecule has 2 atom stereocenters. The van der Waals surface area contributed by atoms with Crippen LogP contribution in [0.25, 0.3) is 0 Å². The van der Waals surface area contributed by atoms with Crippen molar-refractivity contribution >= 4 is 17.5 Å². The molecule has 0 bridgehead atoms. The van der Waals surface area contributed by atoms with Gasteiger partial charge in [-0.15, -0.1) is 0 Å². The molecule has 1 saturated heterocycles.